The van der Waals surface area contributed by atoms with E-state index < -0.39 is 5.91 Å². The Hall–Kier alpha value is -2.57. The van der Waals surface area contributed by atoms with Crippen LogP contribution >= 0.6 is 15.9 Å². The summed E-state index contributed by atoms with van der Waals surface area (Å²) in [6.45, 7) is 7.29. The molecule has 1 amide bonds. The van der Waals surface area contributed by atoms with Crippen LogP contribution in [0.5, 0.6) is 5.75 Å². The maximum Gasteiger partial charge on any atom is 0.262 e. The van der Waals surface area contributed by atoms with Crippen molar-refractivity contribution in [1.82, 2.24) is 5.32 Å². The van der Waals surface area contributed by atoms with E-state index in [2.05, 4.69) is 27.8 Å². The van der Waals surface area contributed by atoms with E-state index in [-0.39, 0.29) is 18.2 Å². The Balaban J connectivity index is 3.27. The van der Waals surface area contributed by atoms with Gasteiger partial charge in [0.2, 0.25) is 0 Å². The van der Waals surface area contributed by atoms with Crippen molar-refractivity contribution in [2.75, 3.05) is 6.61 Å². The van der Waals surface area contributed by atoms with E-state index in [9.17, 15) is 10.1 Å². The van der Waals surface area contributed by atoms with Gasteiger partial charge in [-0.2, -0.15) is 10.5 Å². The highest BCUT2D eigenvalue weighted by Crippen LogP contribution is 2.32. The second kappa shape index (κ2) is 9.54. The highest BCUT2D eigenvalue weighted by Gasteiger charge is 2.13. The van der Waals surface area contributed by atoms with Gasteiger partial charge in [-0.05, 0) is 65.5 Å². The minimum Gasteiger partial charge on any atom is -0.477 e. The predicted octanol–water partition coefficient (Wildman–Crippen LogP) is 3.51. The van der Waals surface area contributed by atoms with Gasteiger partial charge < -0.3 is 10.1 Å². The number of hydrogen-bond acceptors (Lipinski definition) is 4. The molecule has 0 saturated heterocycles. The van der Waals surface area contributed by atoms with E-state index in [1.54, 1.807) is 18.2 Å². The molecule has 0 saturated carbocycles. The topological polar surface area (TPSA) is 85.9 Å². The maximum absolute atomic E-state index is 12.0. The highest BCUT2D eigenvalue weighted by molar-refractivity contribution is 9.10. The van der Waals surface area contributed by atoms with Gasteiger partial charge in [-0.25, -0.2) is 0 Å². The van der Waals surface area contributed by atoms with Crippen molar-refractivity contribution in [3.63, 3.8) is 0 Å². The lowest BCUT2D eigenvalue weighted by molar-refractivity contribution is -0.117. The van der Waals surface area contributed by atoms with E-state index in [1.807, 2.05) is 26.0 Å². The highest BCUT2D eigenvalue weighted by atomic mass is 79.9. The third kappa shape index (κ3) is 5.57. The van der Waals surface area contributed by atoms with Gasteiger partial charge in [0.15, 0.2) is 6.61 Å². The molecule has 0 fully saturated rings. The largest absolute Gasteiger partial charge is 0.477 e. The molecule has 124 valence electrons. The van der Waals surface area contributed by atoms with Crippen LogP contribution in [-0.4, -0.2) is 18.6 Å². The quantitative estimate of drug-likeness (QED) is 0.440. The van der Waals surface area contributed by atoms with Crippen LogP contribution in [0.1, 0.15) is 25.0 Å². The number of halogens is 1. The summed E-state index contributed by atoms with van der Waals surface area (Å²) in [6, 6.07) is 7.32. The molecule has 0 atom stereocenters. The zero-order valence-corrected chi connectivity index (χ0v) is 15.2. The van der Waals surface area contributed by atoms with Crippen LogP contribution in [0.3, 0.4) is 0 Å². The molecule has 0 aliphatic rings. The van der Waals surface area contributed by atoms with E-state index in [0.717, 1.165) is 5.56 Å². The summed E-state index contributed by atoms with van der Waals surface area (Å²) in [5, 5.41) is 20.6. The van der Waals surface area contributed by atoms with Crippen LogP contribution < -0.4 is 10.1 Å². The van der Waals surface area contributed by atoms with Gasteiger partial charge in [0.1, 0.15) is 23.5 Å². The maximum atomic E-state index is 12.0. The molecule has 0 unspecified atom stereocenters. The van der Waals surface area contributed by atoms with Crippen molar-refractivity contribution < 1.29 is 9.53 Å². The molecule has 1 rings (SSSR count). The summed E-state index contributed by atoms with van der Waals surface area (Å²) in [5.74, 6) is 0.137. The molecule has 1 aromatic carbocycles. The minimum atomic E-state index is -0.418. The number of nitriles is 2. The fourth-order valence-electron chi connectivity index (χ4n) is 1.99. The Morgan fingerprint density at radius 2 is 2.17 bits per heavy atom. The summed E-state index contributed by atoms with van der Waals surface area (Å²) < 4.78 is 6.08. The average Bonchev–Trinajstić information content (AvgIpc) is 2.51. The van der Waals surface area contributed by atoms with Crippen molar-refractivity contribution in [2.24, 2.45) is 0 Å². The van der Waals surface area contributed by atoms with Crippen molar-refractivity contribution in [1.29, 1.82) is 10.5 Å². The zero-order valence-electron chi connectivity index (χ0n) is 13.6. The van der Waals surface area contributed by atoms with Gasteiger partial charge in [-0.1, -0.05) is 6.08 Å². The van der Waals surface area contributed by atoms with Crippen LogP contribution in [0.25, 0.3) is 6.08 Å². The van der Waals surface area contributed by atoms with Crippen LogP contribution in [0.4, 0.5) is 0 Å². The molecule has 1 aromatic rings. The Bertz CT molecular complexity index is 740. The average molecular weight is 388 g/mol. The monoisotopic (exact) mass is 387 g/mol. The fraction of sp³-hybridized carbons (Fsp3) is 0.278. The number of benzene rings is 1. The van der Waals surface area contributed by atoms with Crippen LogP contribution in [0.2, 0.25) is 0 Å². The van der Waals surface area contributed by atoms with Crippen LogP contribution in [0.15, 0.2) is 34.8 Å². The van der Waals surface area contributed by atoms with Gasteiger partial charge in [0.25, 0.3) is 5.91 Å². The van der Waals surface area contributed by atoms with Gasteiger partial charge in [0, 0.05) is 6.04 Å². The predicted molar refractivity (Wildman–Crippen MR) is 96.0 cm³/mol. The normalized spacial score (nSPS) is 10.7. The fourth-order valence-corrected chi connectivity index (χ4v) is 2.62. The molecule has 0 bridgehead atoms. The lowest BCUT2D eigenvalue weighted by Crippen LogP contribution is -2.30. The van der Waals surface area contributed by atoms with E-state index >= 15 is 0 Å². The molecular weight excluding hydrogens is 370 g/mol. The standard InChI is InChI=1S/C18H18BrN3O2/c1-4-5-14-8-13(10-16(19)17(14)24-7-6-20)9-15(11-21)18(23)22-12(2)3/h4,8-10,12H,1,5,7H2,2-3H3,(H,22,23)/b15-9-. The first-order valence-electron chi connectivity index (χ1n) is 7.28. The molecule has 0 radical (unpaired) electrons. The first kappa shape index (κ1) is 19.5. The van der Waals surface area contributed by atoms with Gasteiger partial charge >= 0.3 is 0 Å². The number of rotatable bonds is 7. The third-order valence-electron chi connectivity index (χ3n) is 2.88. The van der Waals surface area contributed by atoms with E-state index in [4.69, 9.17) is 10.00 Å². The lowest BCUT2D eigenvalue weighted by Gasteiger charge is -2.12. The molecule has 5 nitrogen and oxygen atoms in total. The van der Waals surface area contributed by atoms with Gasteiger partial charge in [-0.15, -0.1) is 6.58 Å². The number of amides is 1. The van der Waals surface area contributed by atoms with E-state index in [1.165, 1.54) is 6.08 Å². The number of carbonyl (C=O) groups is 1. The van der Waals surface area contributed by atoms with E-state index in [0.29, 0.717) is 22.2 Å². The number of hydrogen-bond donors (Lipinski definition) is 1. The molecule has 0 aliphatic heterocycles. The Morgan fingerprint density at radius 3 is 2.71 bits per heavy atom. The number of nitrogens with zero attached hydrogens (tertiary/aromatic N) is 2. The molecule has 0 heterocycles. The SMILES string of the molecule is C=CCc1cc(/C=C(/C#N)C(=O)NC(C)C)cc(Br)c1OCC#N. The number of ether oxygens (including phenoxy) is 1. The number of carbonyl (C=O) groups excluding carboxylic acids is 1. The molecule has 0 spiro atoms. The van der Waals surface area contributed by atoms with Crippen molar-refractivity contribution >= 4 is 27.9 Å². The van der Waals surface area contributed by atoms with Crippen LogP contribution in [0, 0.1) is 22.7 Å². The second-order valence-corrected chi connectivity index (χ2v) is 6.08. The van der Waals surface area contributed by atoms with Gasteiger partial charge in [-0.3, -0.25) is 4.79 Å². The molecule has 0 aromatic heterocycles. The summed E-state index contributed by atoms with van der Waals surface area (Å²) in [6.07, 6.45) is 3.76. The van der Waals surface area contributed by atoms with Crippen molar-refractivity contribution in [3.8, 4) is 17.9 Å². The summed E-state index contributed by atoms with van der Waals surface area (Å²) in [7, 11) is 0. The minimum absolute atomic E-state index is 0.0193. The Kier molecular flexibility index (Phi) is 7.74. The first-order valence-corrected chi connectivity index (χ1v) is 8.08. The van der Waals surface area contributed by atoms with Gasteiger partial charge in [0.05, 0.1) is 4.47 Å². The van der Waals surface area contributed by atoms with Crippen LogP contribution in [-0.2, 0) is 11.2 Å². The molecule has 6 heteroatoms. The number of nitrogens with one attached hydrogen (secondary N) is 1. The summed E-state index contributed by atoms with van der Waals surface area (Å²) >= 11 is 3.41. The molecule has 0 aliphatic carbocycles. The van der Waals surface area contributed by atoms with Crippen molar-refractivity contribution in [3.05, 3.63) is 46.0 Å². The molecular formula is C18H18BrN3O2. The lowest BCUT2D eigenvalue weighted by atomic mass is 10.0. The second-order valence-electron chi connectivity index (χ2n) is 5.23. The summed E-state index contributed by atoms with van der Waals surface area (Å²) in [5.41, 5.74) is 1.51. The zero-order chi connectivity index (χ0) is 18.1. The molecule has 24 heavy (non-hydrogen) atoms. The first-order chi connectivity index (χ1) is 11.4. The smallest absolute Gasteiger partial charge is 0.262 e. The summed E-state index contributed by atoms with van der Waals surface area (Å²) in [4.78, 5) is 12.0. The Morgan fingerprint density at radius 1 is 1.46 bits per heavy atom. The third-order valence-corrected chi connectivity index (χ3v) is 3.47. The Labute approximate surface area is 150 Å². The molecule has 1 N–H and O–H groups in total. The van der Waals surface area contributed by atoms with Crippen molar-refractivity contribution in [2.45, 2.75) is 26.3 Å². The number of allylic oxidation sites excluding steroid dienone is 1.